The van der Waals surface area contributed by atoms with Crippen LogP contribution in [-0.2, 0) is 6.61 Å². The van der Waals surface area contributed by atoms with Gasteiger partial charge in [0.25, 0.3) is 5.78 Å². The highest BCUT2D eigenvalue weighted by Crippen LogP contribution is 2.33. The van der Waals surface area contributed by atoms with Crippen LogP contribution in [0.5, 0.6) is 0 Å². The minimum atomic E-state index is -0.0316. The van der Waals surface area contributed by atoms with Gasteiger partial charge in [-0.1, -0.05) is 41.9 Å². The minimum absolute atomic E-state index is 0.0316. The number of hydrogen-bond acceptors (Lipinski definition) is 5. The van der Waals surface area contributed by atoms with Crippen molar-refractivity contribution in [1.29, 1.82) is 0 Å². The first-order valence-corrected chi connectivity index (χ1v) is 9.85. The van der Waals surface area contributed by atoms with Crippen LogP contribution in [0.4, 0.5) is 11.5 Å². The summed E-state index contributed by atoms with van der Waals surface area (Å²) in [4.78, 5) is 6.78. The van der Waals surface area contributed by atoms with Crippen molar-refractivity contribution < 1.29 is 5.11 Å². The predicted octanol–water partition coefficient (Wildman–Crippen LogP) is 4.86. The van der Waals surface area contributed by atoms with Gasteiger partial charge in [0.15, 0.2) is 0 Å². The Kier molecular flexibility index (Phi) is 4.58. The van der Waals surface area contributed by atoms with E-state index >= 15 is 0 Å². The molecule has 0 saturated heterocycles. The molecule has 0 aliphatic carbocycles. The summed E-state index contributed by atoms with van der Waals surface area (Å²) >= 11 is 6.03. The van der Waals surface area contributed by atoms with Gasteiger partial charge in [0, 0.05) is 23.1 Å². The van der Waals surface area contributed by atoms with Gasteiger partial charge in [-0.2, -0.15) is 4.98 Å². The maximum absolute atomic E-state index is 9.56. The molecule has 30 heavy (non-hydrogen) atoms. The van der Waals surface area contributed by atoms with Crippen molar-refractivity contribution in [3.63, 3.8) is 0 Å². The van der Waals surface area contributed by atoms with E-state index in [2.05, 4.69) is 22.3 Å². The summed E-state index contributed by atoms with van der Waals surface area (Å²) in [5.74, 6) is 1.27. The molecule has 0 aliphatic heterocycles. The van der Waals surface area contributed by atoms with Crippen LogP contribution in [0.25, 0.3) is 27.8 Å². The average Bonchev–Trinajstić information content (AvgIpc) is 3.27. The van der Waals surface area contributed by atoms with Gasteiger partial charge in [0.1, 0.15) is 12.1 Å². The lowest BCUT2D eigenvalue weighted by atomic mass is 10.0. The van der Waals surface area contributed by atoms with E-state index in [1.807, 2.05) is 70.9 Å². The zero-order valence-electron chi connectivity index (χ0n) is 16.2. The summed E-state index contributed by atoms with van der Waals surface area (Å²) in [6.45, 7) is -0.0316. The number of aliphatic hydroxyl groups is 1. The fourth-order valence-electron chi connectivity index (χ4n) is 3.61. The van der Waals surface area contributed by atoms with Crippen LogP contribution in [0.3, 0.4) is 0 Å². The molecule has 6 nitrogen and oxygen atoms in total. The second-order valence-corrected chi connectivity index (χ2v) is 7.50. The Bertz CT molecular complexity index is 1360. The molecule has 0 radical (unpaired) electrons. The Hall–Kier alpha value is -3.48. The van der Waals surface area contributed by atoms with Crippen molar-refractivity contribution in [1.82, 2.24) is 19.6 Å². The third-order valence-electron chi connectivity index (χ3n) is 5.21. The van der Waals surface area contributed by atoms with E-state index in [4.69, 9.17) is 16.6 Å². The van der Waals surface area contributed by atoms with Crippen LogP contribution in [-0.4, -0.2) is 31.7 Å². The van der Waals surface area contributed by atoms with E-state index < -0.39 is 0 Å². The van der Waals surface area contributed by atoms with E-state index in [1.54, 1.807) is 6.33 Å². The van der Waals surface area contributed by atoms with Crippen molar-refractivity contribution in [2.75, 3.05) is 11.9 Å². The second kappa shape index (κ2) is 7.40. The molecule has 0 saturated carbocycles. The Morgan fingerprint density at radius 2 is 1.83 bits per heavy atom. The first-order chi connectivity index (χ1) is 14.6. The highest BCUT2D eigenvalue weighted by molar-refractivity contribution is 6.30. The molecule has 0 fully saturated rings. The van der Waals surface area contributed by atoms with Crippen molar-refractivity contribution >= 4 is 39.8 Å². The third-order valence-corrected chi connectivity index (χ3v) is 5.46. The standard InChI is InChI=1S/C23H18ClN5O/c1-28(19-4-2-3-17(12-19)16-6-8-18(24)9-7-16)22-20-10-5-15(13-30)11-21(20)29-14-25-27-23(29)26-22/h2-12,14,30H,13H2,1H3. The fourth-order valence-corrected chi connectivity index (χ4v) is 3.73. The topological polar surface area (TPSA) is 66.6 Å². The van der Waals surface area contributed by atoms with Crippen molar-refractivity contribution in [2.45, 2.75) is 6.61 Å². The maximum Gasteiger partial charge on any atom is 0.257 e. The van der Waals surface area contributed by atoms with Crippen LogP contribution in [0.2, 0.25) is 5.02 Å². The zero-order chi connectivity index (χ0) is 20.7. The van der Waals surface area contributed by atoms with Crippen molar-refractivity contribution in [2.24, 2.45) is 0 Å². The molecule has 2 heterocycles. The molecule has 3 aromatic carbocycles. The van der Waals surface area contributed by atoms with Crippen LogP contribution in [0, 0.1) is 0 Å². The number of benzene rings is 3. The number of rotatable bonds is 4. The molecule has 7 heteroatoms. The van der Waals surface area contributed by atoms with E-state index in [-0.39, 0.29) is 6.61 Å². The lowest BCUT2D eigenvalue weighted by molar-refractivity contribution is 0.282. The number of aromatic nitrogens is 4. The summed E-state index contributed by atoms with van der Waals surface area (Å²) in [6.07, 6.45) is 1.64. The lowest BCUT2D eigenvalue weighted by Crippen LogP contribution is -2.13. The first-order valence-electron chi connectivity index (χ1n) is 9.47. The summed E-state index contributed by atoms with van der Waals surface area (Å²) in [6, 6.07) is 21.9. The van der Waals surface area contributed by atoms with Gasteiger partial charge in [-0.3, -0.25) is 4.40 Å². The van der Waals surface area contributed by atoms with Crippen molar-refractivity contribution in [3.8, 4) is 11.1 Å². The highest BCUT2D eigenvalue weighted by atomic mass is 35.5. The molecular formula is C23H18ClN5O. The Morgan fingerprint density at radius 3 is 2.63 bits per heavy atom. The molecule has 1 N–H and O–H groups in total. The Labute approximate surface area is 178 Å². The number of aliphatic hydroxyl groups excluding tert-OH is 1. The van der Waals surface area contributed by atoms with Gasteiger partial charge in [-0.15, -0.1) is 10.2 Å². The normalized spacial score (nSPS) is 11.3. The van der Waals surface area contributed by atoms with E-state index in [0.29, 0.717) is 10.8 Å². The quantitative estimate of drug-likeness (QED) is 0.454. The Morgan fingerprint density at radius 1 is 1.00 bits per heavy atom. The predicted molar refractivity (Wildman–Crippen MR) is 119 cm³/mol. The molecule has 0 bridgehead atoms. The van der Waals surface area contributed by atoms with Crippen LogP contribution in [0.15, 0.2) is 73.1 Å². The second-order valence-electron chi connectivity index (χ2n) is 7.06. The minimum Gasteiger partial charge on any atom is -0.392 e. The van der Waals surface area contributed by atoms with E-state index in [9.17, 15) is 5.11 Å². The molecule has 5 aromatic rings. The van der Waals surface area contributed by atoms with Crippen molar-refractivity contribution in [3.05, 3.63) is 83.6 Å². The number of fused-ring (bicyclic) bond motifs is 3. The Balaban J connectivity index is 1.65. The summed E-state index contributed by atoms with van der Waals surface area (Å²) < 4.78 is 1.83. The van der Waals surface area contributed by atoms with Gasteiger partial charge in [0.2, 0.25) is 0 Å². The van der Waals surface area contributed by atoms with Crippen LogP contribution < -0.4 is 4.90 Å². The fraction of sp³-hybridized carbons (Fsp3) is 0.0870. The summed E-state index contributed by atoms with van der Waals surface area (Å²) in [5.41, 5.74) is 4.89. The van der Waals surface area contributed by atoms with Crippen LogP contribution in [0.1, 0.15) is 5.56 Å². The van der Waals surface area contributed by atoms with E-state index in [1.165, 1.54) is 0 Å². The van der Waals surface area contributed by atoms with Crippen LogP contribution >= 0.6 is 11.6 Å². The zero-order valence-corrected chi connectivity index (χ0v) is 17.0. The van der Waals surface area contributed by atoms with E-state index in [0.717, 1.165) is 39.1 Å². The molecule has 0 aliphatic rings. The van der Waals surface area contributed by atoms with Gasteiger partial charge >= 0.3 is 0 Å². The molecule has 0 atom stereocenters. The molecule has 0 amide bonds. The summed E-state index contributed by atoms with van der Waals surface area (Å²) in [5, 5.41) is 19.3. The number of anilines is 2. The highest BCUT2D eigenvalue weighted by Gasteiger charge is 2.15. The monoisotopic (exact) mass is 415 g/mol. The number of halogens is 1. The SMILES string of the molecule is CN(c1cccc(-c2ccc(Cl)cc2)c1)c1nc2nncn2c2cc(CO)ccc12. The molecule has 0 spiro atoms. The largest absolute Gasteiger partial charge is 0.392 e. The molecule has 0 unspecified atom stereocenters. The first kappa shape index (κ1) is 18.5. The number of hydrogen-bond donors (Lipinski definition) is 1. The molecule has 2 aromatic heterocycles. The molecule has 148 valence electrons. The maximum atomic E-state index is 9.56. The summed E-state index contributed by atoms with van der Waals surface area (Å²) in [7, 11) is 1.98. The third kappa shape index (κ3) is 3.16. The van der Waals surface area contributed by atoms with Gasteiger partial charge in [-0.05, 0) is 53.1 Å². The van der Waals surface area contributed by atoms with Gasteiger partial charge in [-0.25, -0.2) is 0 Å². The molecular weight excluding hydrogens is 398 g/mol. The number of nitrogens with zero attached hydrogens (tertiary/aromatic N) is 5. The van der Waals surface area contributed by atoms with Gasteiger partial charge in [0.05, 0.1) is 12.1 Å². The molecule has 5 rings (SSSR count). The smallest absolute Gasteiger partial charge is 0.257 e. The van der Waals surface area contributed by atoms with Gasteiger partial charge < -0.3 is 10.0 Å². The lowest BCUT2D eigenvalue weighted by Gasteiger charge is -2.21. The average molecular weight is 416 g/mol.